The molecule has 0 aromatic heterocycles. The largest absolute Gasteiger partial charge is 0.481 e. The molecule has 0 aliphatic rings. The summed E-state index contributed by atoms with van der Waals surface area (Å²) in [4.78, 5) is 32.5. The molecule has 90 valence electrons. The quantitative estimate of drug-likeness (QED) is 0.366. The molecule has 0 aliphatic carbocycles. The number of hydrogen-bond acceptors (Lipinski definition) is 3. The molecule has 0 spiro atoms. The molecular formula is C11H17NO4. The average Bonchev–Trinajstić information content (AvgIpc) is 2.24. The second kappa shape index (κ2) is 8.64. The van der Waals surface area contributed by atoms with Crippen molar-refractivity contribution in [3.63, 3.8) is 0 Å². The molecule has 0 aromatic carbocycles. The molecule has 0 atom stereocenters. The summed E-state index contributed by atoms with van der Waals surface area (Å²) in [6.45, 7) is 2.15. The average molecular weight is 227 g/mol. The zero-order valence-corrected chi connectivity index (χ0v) is 9.36. The summed E-state index contributed by atoms with van der Waals surface area (Å²) < 4.78 is 0. The van der Waals surface area contributed by atoms with Gasteiger partial charge in [0, 0.05) is 19.4 Å². The molecule has 0 unspecified atom stereocenters. The van der Waals surface area contributed by atoms with Crippen LogP contribution in [-0.2, 0) is 14.4 Å². The van der Waals surface area contributed by atoms with Crippen molar-refractivity contribution in [3.05, 3.63) is 12.2 Å². The van der Waals surface area contributed by atoms with E-state index in [0.717, 1.165) is 6.42 Å². The van der Waals surface area contributed by atoms with Gasteiger partial charge in [0.1, 0.15) is 0 Å². The van der Waals surface area contributed by atoms with E-state index in [1.54, 1.807) is 6.08 Å². The number of carbonyl (C=O) groups excluding carboxylic acids is 2. The second-order valence-corrected chi connectivity index (χ2v) is 3.26. The van der Waals surface area contributed by atoms with Crippen LogP contribution in [0.25, 0.3) is 0 Å². The normalized spacial score (nSPS) is 10.3. The lowest BCUT2D eigenvalue weighted by Gasteiger charge is -2.01. The first-order valence-corrected chi connectivity index (χ1v) is 5.25. The van der Waals surface area contributed by atoms with Crippen molar-refractivity contribution in [2.75, 3.05) is 6.54 Å². The highest BCUT2D eigenvalue weighted by atomic mass is 16.4. The predicted octanol–water partition coefficient (Wildman–Crippen LogP) is 0.893. The first-order chi connectivity index (χ1) is 7.57. The zero-order chi connectivity index (χ0) is 12.4. The highest BCUT2D eigenvalue weighted by Crippen LogP contribution is 1.90. The van der Waals surface area contributed by atoms with Crippen LogP contribution >= 0.6 is 0 Å². The maximum Gasteiger partial charge on any atom is 0.303 e. The number of carbonyl (C=O) groups is 3. The Balaban J connectivity index is 3.67. The van der Waals surface area contributed by atoms with Gasteiger partial charge in [-0.15, -0.1) is 0 Å². The number of hydrogen-bond donors (Lipinski definition) is 2. The maximum atomic E-state index is 11.2. The molecule has 2 N–H and O–H groups in total. The third kappa shape index (κ3) is 7.73. The number of rotatable bonds is 8. The summed E-state index contributed by atoms with van der Waals surface area (Å²) >= 11 is 0. The molecule has 1 amide bonds. The summed E-state index contributed by atoms with van der Waals surface area (Å²) in [5.41, 5.74) is 0. The molecule has 0 radical (unpaired) electrons. The number of carboxylic acids is 1. The molecule has 0 aliphatic heterocycles. The Morgan fingerprint density at radius 3 is 2.50 bits per heavy atom. The lowest BCUT2D eigenvalue weighted by atomic mass is 10.2. The van der Waals surface area contributed by atoms with E-state index in [1.807, 2.05) is 13.0 Å². The summed E-state index contributed by atoms with van der Waals surface area (Å²) in [5.74, 6) is -2.06. The minimum atomic E-state index is -0.911. The van der Waals surface area contributed by atoms with Crippen LogP contribution in [0.1, 0.15) is 32.6 Å². The summed E-state index contributed by atoms with van der Waals surface area (Å²) in [5, 5.41) is 10.7. The van der Waals surface area contributed by atoms with Gasteiger partial charge in [-0.2, -0.15) is 0 Å². The van der Waals surface area contributed by atoms with Crippen LogP contribution in [0.3, 0.4) is 0 Å². The van der Waals surface area contributed by atoms with Gasteiger partial charge in [-0.25, -0.2) is 0 Å². The fourth-order valence-electron chi connectivity index (χ4n) is 0.990. The van der Waals surface area contributed by atoms with Gasteiger partial charge >= 0.3 is 5.97 Å². The van der Waals surface area contributed by atoms with Crippen molar-refractivity contribution in [1.82, 2.24) is 5.32 Å². The molecule has 0 rings (SSSR count). The van der Waals surface area contributed by atoms with E-state index in [4.69, 9.17) is 5.11 Å². The third-order valence-corrected chi connectivity index (χ3v) is 1.81. The van der Waals surface area contributed by atoms with E-state index in [1.165, 1.54) is 0 Å². The monoisotopic (exact) mass is 227 g/mol. The molecule has 0 saturated heterocycles. The minimum absolute atomic E-state index is 0.00971. The van der Waals surface area contributed by atoms with E-state index in [0.29, 0.717) is 6.42 Å². The van der Waals surface area contributed by atoms with E-state index in [2.05, 4.69) is 5.32 Å². The van der Waals surface area contributed by atoms with Gasteiger partial charge in [0.15, 0.2) is 0 Å². The summed E-state index contributed by atoms with van der Waals surface area (Å²) in [6, 6.07) is 0. The first kappa shape index (κ1) is 14.3. The Kier molecular flexibility index (Phi) is 7.75. The van der Waals surface area contributed by atoms with E-state index in [-0.39, 0.29) is 19.4 Å². The van der Waals surface area contributed by atoms with Gasteiger partial charge in [-0.1, -0.05) is 19.1 Å². The number of Topliss-reactive ketones (excluding diaryl/α,β-unsaturated/α-hetero) is 1. The van der Waals surface area contributed by atoms with Crippen molar-refractivity contribution in [2.45, 2.75) is 32.6 Å². The van der Waals surface area contributed by atoms with Gasteiger partial charge in [0.05, 0.1) is 0 Å². The molecule has 16 heavy (non-hydrogen) atoms. The van der Waals surface area contributed by atoms with Gasteiger partial charge < -0.3 is 10.4 Å². The van der Waals surface area contributed by atoms with Gasteiger partial charge in [-0.05, 0) is 12.8 Å². The lowest BCUT2D eigenvalue weighted by Crippen LogP contribution is -2.31. The second-order valence-electron chi connectivity index (χ2n) is 3.26. The minimum Gasteiger partial charge on any atom is -0.481 e. The molecule has 0 fully saturated rings. The van der Waals surface area contributed by atoms with Crippen LogP contribution in [0.5, 0.6) is 0 Å². The number of allylic oxidation sites excluding steroid dienone is 2. The van der Waals surface area contributed by atoms with Gasteiger partial charge in [-0.3, -0.25) is 14.4 Å². The summed E-state index contributed by atoms with van der Waals surface area (Å²) in [7, 11) is 0. The molecule has 5 nitrogen and oxygen atoms in total. The number of ketones is 1. The smallest absolute Gasteiger partial charge is 0.303 e. The van der Waals surface area contributed by atoms with Crippen molar-refractivity contribution < 1.29 is 19.5 Å². The molecule has 0 aromatic rings. The third-order valence-electron chi connectivity index (χ3n) is 1.81. The topological polar surface area (TPSA) is 83.5 Å². The zero-order valence-electron chi connectivity index (χ0n) is 9.36. The highest BCUT2D eigenvalue weighted by Gasteiger charge is 2.10. The van der Waals surface area contributed by atoms with Crippen molar-refractivity contribution in [1.29, 1.82) is 0 Å². The van der Waals surface area contributed by atoms with E-state index in [9.17, 15) is 14.4 Å². The molecular weight excluding hydrogens is 210 g/mol. The van der Waals surface area contributed by atoms with Gasteiger partial charge in [0.2, 0.25) is 5.78 Å². The Labute approximate surface area is 94.5 Å². The van der Waals surface area contributed by atoms with Crippen LogP contribution < -0.4 is 5.32 Å². The van der Waals surface area contributed by atoms with Crippen LogP contribution in [0.2, 0.25) is 0 Å². The fourth-order valence-corrected chi connectivity index (χ4v) is 0.990. The lowest BCUT2D eigenvalue weighted by molar-refractivity contribution is -0.138. The van der Waals surface area contributed by atoms with Crippen LogP contribution in [0, 0.1) is 0 Å². The van der Waals surface area contributed by atoms with Gasteiger partial charge in [0.25, 0.3) is 5.91 Å². The number of amides is 1. The summed E-state index contributed by atoms with van der Waals surface area (Å²) in [6.07, 6.45) is 4.71. The Morgan fingerprint density at radius 2 is 1.94 bits per heavy atom. The van der Waals surface area contributed by atoms with Crippen molar-refractivity contribution in [3.8, 4) is 0 Å². The highest BCUT2D eigenvalue weighted by molar-refractivity contribution is 6.36. The Hall–Kier alpha value is -1.65. The predicted molar refractivity (Wildman–Crippen MR) is 58.9 cm³/mol. The Morgan fingerprint density at radius 1 is 1.25 bits per heavy atom. The SMILES string of the molecule is CC/C=C\CC(=O)C(=O)NCCCC(=O)O. The van der Waals surface area contributed by atoms with Crippen molar-refractivity contribution in [2.24, 2.45) is 0 Å². The molecule has 0 heterocycles. The number of carboxylic acid groups (broad SMARTS) is 1. The van der Waals surface area contributed by atoms with Crippen LogP contribution in [-0.4, -0.2) is 29.3 Å². The standard InChI is InChI=1S/C11H17NO4/c1-2-3-4-6-9(13)11(16)12-8-5-7-10(14)15/h3-4H,2,5-8H2,1H3,(H,12,16)(H,14,15)/b4-3-. The molecule has 5 heteroatoms. The first-order valence-electron chi connectivity index (χ1n) is 5.25. The Bertz CT molecular complexity index is 284. The van der Waals surface area contributed by atoms with Crippen LogP contribution in [0.15, 0.2) is 12.2 Å². The van der Waals surface area contributed by atoms with E-state index >= 15 is 0 Å². The number of aliphatic carboxylic acids is 1. The maximum absolute atomic E-state index is 11.2. The van der Waals surface area contributed by atoms with Crippen molar-refractivity contribution >= 4 is 17.7 Å². The number of nitrogens with one attached hydrogen (secondary N) is 1. The molecule has 0 bridgehead atoms. The molecule has 0 saturated carbocycles. The van der Waals surface area contributed by atoms with Crippen LogP contribution in [0.4, 0.5) is 0 Å². The van der Waals surface area contributed by atoms with E-state index < -0.39 is 17.7 Å². The fraction of sp³-hybridized carbons (Fsp3) is 0.545.